The second-order valence-electron chi connectivity index (χ2n) is 10.2. The van der Waals surface area contributed by atoms with Gasteiger partial charge in [0.05, 0.1) is 23.8 Å². The standard InChI is InChI=1S/C28H40N2O5S.2H3N/c1-4-6-14-28(5-2)19-36(33,34)25-16-21(18-30-15-10-13-23(30)27(31)32)24(35-3)17-22(25)26(29-28)20-11-8-7-9-12-20;;/h7-9,11-12,16-17,23,26,29,33-34H,4-6,10,13-15,18-19H2,1-3H3,(H,31,32);2*1H3/t23-,26+,28+;;/m0../s1. The molecule has 4 rings (SSSR count). The highest BCUT2D eigenvalue weighted by atomic mass is 32.3. The zero-order chi connectivity index (χ0) is 25.9. The maximum atomic E-state index is 11.8. The summed E-state index contributed by atoms with van der Waals surface area (Å²) in [5, 5.41) is 13.5. The van der Waals surface area contributed by atoms with Gasteiger partial charge in [0.2, 0.25) is 0 Å². The molecule has 0 radical (unpaired) electrons. The van der Waals surface area contributed by atoms with Gasteiger partial charge in [-0.3, -0.25) is 24.1 Å². The van der Waals surface area contributed by atoms with Crippen LogP contribution in [0.5, 0.6) is 5.75 Å². The van der Waals surface area contributed by atoms with Crippen molar-refractivity contribution in [3.05, 3.63) is 59.2 Å². The third-order valence-corrected chi connectivity index (χ3v) is 9.86. The van der Waals surface area contributed by atoms with Crippen molar-refractivity contribution < 1.29 is 23.7 Å². The molecule has 38 heavy (non-hydrogen) atoms. The molecular formula is C28H46N4O5S. The number of methoxy groups -OCH3 is 1. The van der Waals surface area contributed by atoms with E-state index in [1.807, 2.05) is 35.2 Å². The van der Waals surface area contributed by atoms with Crippen LogP contribution in [0.3, 0.4) is 0 Å². The van der Waals surface area contributed by atoms with Crippen molar-refractivity contribution in [3.63, 3.8) is 0 Å². The van der Waals surface area contributed by atoms with Gasteiger partial charge in [-0.1, -0.05) is 57.0 Å². The molecule has 0 spiro atoms. The molecule has 9 nitrogen and oxygen atoms in total. The summed E-state index contributed by atoms with van der Waals surface area (Å²) in [6.45, 7) is 5.35. The lowest BCUT2D eigenvalue weighted by Gasteiger charge is -2.42. The number of unbranched alkanes of at least 4 members (excludes halogenated alkanes) is 1. The molecule has 1 fully saturated rings. The van der Waals surface area contributed by atoms with Crippen LogP contribution in [0.15, 0.2) is 47.4 Å². The molecule has 10 heteroatoms. The Morgan fingerprint density at radius 2 is 1.89 bits per heavy atom. The number of carbonyl (C=O) groups is 1. The third kappa shape index (κ3) is 6.51. The van der Waals surface area contributed by atoms with E-state index in [2.05, 4.69) is 31.3 Å². The minimum atomic E-state index is -3.13. The van der Waals surface area contributed by atoms with Gasteiger partial charge < -0.3 is 22.1 Å². The maximum absolute atomic E-state index is 11.8. The van der Waals surface area contributed by atoms with Crippen molar-refractivity contribution >= 4 is 16.6 Å². The Morgan fingerprint density at radius 1 is 1.18 bits per heavy atom. The first-order valence-corrected chi connectivity index (χ1v) is 14.7. The number of aliphatic carboxylic acids is 1. The number of hydrogen-bond donors (Lipinski definition) is 6. The molecule has 0 bridgehead atoms. The molecule has 214 valence electrons. The van der Waals surface area contributed by atoms with Crippen LogP contribution < -0.4 is 22.4 Å². The molecule has 0 amide bonds. The lowest BCUT2D eigenvalue weighted by Crippen LogP contribution is -2.49. The van der Waals surface area contributed by atoms with E-state index in [0.29, 0.717) is 30.2 Å². The summed E-state index contributed by atoms with van der Waals surface area (Å²) in [5.74, 6) is 0.0721. The van der Waals surface area contributed by atoms with Crippen molar-refractivity contribution in [1.29, 1.82) is 0 Å². The first-order valence-electron chi connectivity index (χ1n) is 13.0. The van der Waals surface area contributed by atoms with Gasteiger partial charge in [-0.25, -0.2) is 0 Å². The summed E-state index contributed by atoms with van der Waals surface area (Å²) in [5.41, 5.74) is 2.23. The summed E-state index contributed by atoms with van der Waals surface area (Å²) < 4.78 is 29.2. The largest absolute Gasteiger partial charge is 0.496 e. The number of ether oxygens (including phenoxy) is 1. The van der Waals surface area contributed by atoms with Crippen molar-refractivity contribution in [2.75, 3.05) is 19.4 Å². The van der Waals surface area contributed by atoms with Gasteiger partial charge in [0.25, 0.3) is 0 Å². The number of carboxylic acids is 1. The number of fused-ring (bicyclic) bond motifs is 1. The molecule has 1 saturated heterocycles. The summed E-state index contributed by atoms with van der Waals surface area (Å²) in [6.07, 6.45) is 5.10. The van der Waals surface area contributed by atoms with E-state index in [4.69, 9.17) is 4.74 Å². The van der Waals surface area contributed by atoms with Crippen molar-refractivity contribution in [2.45, 2.75) is 81.4 Å². The fourth-order valence-corrected chi connectivity index (χ4v) is 8.03. The number of rotatable bonds is 9. The number of carboxylic acid groups (broad SMARTS) is 1. The van der Waals surface area contributed by atoms with Gasteiger partial charge >= 0.3 is 5.97 Å². The molecule has 2 aromatic carbocycles. The summed E-state index contributed by atoms with van der Waals surface area (Å²) in [4.78, 5) is 14.3. The Kier molecular flexibility index (Phi) is 11.2. The van der Waals surface area contributed by atoms with Gasteiger partial charge in [-0.05, 0) is 49.9 Å². The normalized spacial score (nSPS) is 25.3. The minimum absolute atomic E-state index is 0. The summed E-state index contributed by atoms with van der Waals surface area (Å²) >= 11 is 0. The zero-order valence-corrected chi connectivity index (χ0v) is 23.8. The SMILES string of the molecule is CCCC[C@]1(CC)CS(O)(O)c2cc(CN3CCC[C@H]3C(=O)O)c(OC)cc2[C@@H](c2ccccc2)N1.N.N. The number of nitrogens with zero attached hydrogens (tertiary/aromatic N) is 1. The highest BCUT2D eigenvalue weighted by Gasteiger charge is 2.42. The smallest absolute Gasteiger partial charge is 0.320 e. The summed E-state index contributed by atoms with van der Waals surface area (Å²) in [6, 6.07) is 13.2. The molecule has 2 aliphatic rings. The molecule has 2 aromatic rings. The highest BCUT2D eigenvalue weighted by Crippen LogP contribution is 2.58. The Bertz CT molecular complexity index is 1070. The van der Waals surface area contributed by atoms with Crippen LogP contribution in [0.4, 0.5) is 0 Å². The molecule has 0 aromatic heterocycles. The van der Waals surface area contributed by atoms with Crippen molar-refractivity contribution in [2.24, 2.45) is 0 Å². The van der Waals surface area contributed by atoms with E-state index in [0.717, 1.165) is 48.8 Å². The Hall–Kier alpha value is -2.18. The van der Waals surface area contributed by atoms with E-state index in [-0.39, 0.29) is 24.1 Å². The van der Waals surface area contributed by atoms with Crippen molar-refractivity contribution in [3.8, 4) is 5.75 Å². The van der Waals surface area contributed by atoms with Gasteiger partial charge in [0.1, 0.15) is 11.8 Å². The average Bonchev–Trinajstić information content (AvgIpc) is 3.31. The topological polar surface area (TPSA) is 172 Å². The van der Waals surface area contributed by atoms with E-state index < -0.39 is 28.1 Å². The van der Waals surface area contributed by atoms with Crippen molar-refractivity contribution in [1.82, 2.24) is 22.5 Å². The molecule has 0 aliphatic carbocycles. The number of nitrogens with one attached hydrogen (secondary N) is 1. The molecular weight excluding hydrogens is 504 g/mol. The minimum Gasteiger partial charge on any atom is -0.496 e. The zero-order valence-electron chi connectivity index (χ0n) is 23.0. The predicted octanol–water partition coefficient (Wildman–Crippen LogP) is 6.21. The lowest BCUT2D eigenvalue weighted by atomic mass is 9.88. The lowest BCUT2D eigenvalue weighted by molar-refractivity contribution is -0.142. The third-order valence-electron chi connectivity index (χ3n) is 7.84. The fraction of sp³-hybridized carbons (Fsp3) is 0.536. The molecule has 3 atom stereocenters. The average molecular weight is 551 g/mol. The summed E-state index contributed by atoms with van der Waals surface area (Å²) in [7, 11) is -1.52. The molecule has 0 saturated carbocycles. The van der Waals surface area contributed by atoms with E-state index in [9.17, 15) is 19.0 Å². The number of hydrogen-bond acceptors (Lipinski definition) is 8. The fourth-order valence-electron chi connectivity index (χ4n) is 5.79. The van der Waals surface area contributed by atoms with Crippen LogP contribution in [0.25, 0.3) is 0 Å². The first-order chi connectivity index (χ1) is 17.2. The number of benzene rings is 2. The second-order valence-corrected chi connectivity index (χ2v) is 12.3. The quantitative estimate of drug-likeness (QED) is 0.212. The first kappa shape index (κ1) is 32.0. The van der Waals surface area contributed by atoms with Gasteiger partial charge in [0, 0.05) is 23.2 Å². The Balaban J connectivity index is 0.00000253. The highest BCUT2D eigenvalue weighted by molar-refractivity contribution is 8.24. The Morgan fingerprint density at radius 3 is 2.50 bits per heavy atom. The van der Waals surface area contributed by atoms with Gasteiger partial charge in [-0.15, -0.1) is 0 Å². The van der Waals surface area contributed by atoms with Crippen LogP contribution in [0, 0.1) is 0 Å². The van der Waals surface area contributed by atoms with Crippen LogP contribution in [-0.2, 0) is 11.3 Å². The molecule has 10 N–H and O–H groups in total. The van der Waals surface area contributed by atoms with Crippen LogP contribution in [0.1, 0.15) is 75.1 Å². The second kappa shape index (κ2) is 13.3. The van der Waals surface area contributed by atoms with E-state index in [1.165, 1.54) is 0 Å². The van der Waals surface area contributed by atoms with Crippen LogP contribution in [0.2, 0.25) is 0 Å². The van der Waals surface area contributed by atoms with E-state index >= 15 is 0 Å². The predicted molar refractivity (Wildman–Crippen MR) is 154 cm³/mol. The van der Waals surface area contributed by atoms with Gasteiger partial charge in [-0.2, -0.15) is 10.6 Å². The molecule has 2 heterocycles. The maximum Gasteiger partial charge on any atom is 0.320 e. The molecule has 2 aliphatic heterocycles. The number of likely N-dealkylation sites (tertiary alicyclic amines) is 1. The monoisotopic (exact) mass is 550 g/mol. The van der Waals surface area contributed by atoms with E-state index in [1.54, 1.807) is 7.11 Å². The van der Waals surface area contributed by atoms with Crippen LogP contribution >= 0.6 is 10.6 Å². The van der Waals surface area contributed by atoms with Gasteiger partial charge in [0.15, 0.2) is 0 Å². The Labute approximate surface area is 228 Å². The molecule has 0 unspecified atom stereocenters. The van der Waals surface area contributed by atoms with Crippen LogP contribution in [-0.4, -0.2) is 56.1 Å².